The van der Waals surface area contributed by atoms with E-state index in [4.69, 9.17) is 5.73 Å². The summed E-state index contributed by atoms with van der Waals surface area (Å²) in [5, 5.41) is 16.7. The average molecular weight is 535 g/mol. The molecule has 0 saturated heterocycles. The molecule has 0 fully saturated rings. The van der Waals surface area contributed by atoms with Crippen molar-refractivity contribution in [3.05, 3.63) is 129 Å². The van der Waals surface area contributed by atoms with Crippen LogP contribution in [-0.2, 0) is 5.41 Å². The molecular formula is C32H30N4O4. The number of nitrogens with zero attached hydrogens (tertiary/aromatic N) is 1. The Kier molecular flexibility index (Phi) is 6.85. The second-order valence-corrected chi connectivity index (χ2v) is 10.5. The van der Waals surface area contributed by atoms with Crippen LogP contribution in [-0.4, -0.2) is 16.7 Å². The van der Waals surface area contributed by atoms with Crippen LogP contribution in [0.15, 0.2) is 91.0 Å². The summed E-state index contributed by atoms with van der Waals surface area (Å²) >= 11 is 0. The van der Waals surface area contributed by atoms with Gasteiger partial charge in [0.25, 0.3) is 17.5 Å². The van der Waals surface area contributed by atoms with E-state index in [9.17, 15) is 19.7 Å². The average Bonchev–Trinajstić information content (AvgIpc) is 3.15. The van der Waals surface area contributed by atoms with Crippen LogP contribution >= 0.6 is 0 Å². The van der Waals surface area contributed by atoms with Gasteiger partial charge in [0.2, 0.25) is 0 Å². The van der Waals surface area contributed by atoms with Crippen molar-refractivity contribution in [3.63, 3.8) is 0 Å². The molecule has 4 N–H and O–H groups in total. The van der Waals surface area contributed by atoms with E-state index in [-0.39, 0.29) is 34.8 Å². The van der Waals surface area contributed by atoms with Gasteiger partial charge in [0.1, 0.15) is 0 Å². The van der Waals surface area contributed by atoms with Gasteiger partial charge in [-0.05, 0) is 89.2 Å². The largest absolute Gasteiger partial charge is 0.399 e. The summed E-state index contributed by atoms with van der Waals surface area (Å²) in [6.07, 6.45) is 0. The number of nitro groups is 1. The van der Waals surface area contributed by atoms with Gasteiger partial charge < -0.3 is 16.4 Å². The topological polar surface area (TPSA) is 127 Å². The summed E-state index contributed by atoms with van der Waals surface area (Å²) in [5.41, 5.74) is 11.8. The van der Waals surface area contributed by atoms with Crippen LogP contribution in [0.3, 0.4) is 0 Å². The fourth-order valence-electron chi connectivity index (χ4n) is 5.60. The van der Waals surface area contributed by atoms with Crippen LogP contribution in [0.1, 0.15) is 64.1 Å². The normalized spacial score (nSPS) is 19.5. The van der Waals surface area contributed by atoms with E-state index >= 15 is 0 Å². The van der Waals surface area contributed by atoms with Gasteiger partial charge >= 0.3 is 0 Å². The molecule has 2 amide bonds. The first-order valence-electron chi connectivity index (χ1n) is 13.1. The number of rotatable bonds is 6. The minimum absolute atomic E-state index is 0.0642. The molecule has 0 radical (unpaired) electrons. The van der Waals surface area contributed by atoms with Crippen LogP contribution in [0, 0.1) is 16.0 Å². The highest BCUT2D eigenvalue weighted by atomic mass is 16.6. The van der Waals surface area contributed by atoms with Crippen molar-refractivity contribution >= 4 is 34.6 Å². The number of nitrogens with two attached hydrogens (primary N) is 1. The summed E-state index contributed by atoms with van der Waals surface area (Å²) in [4.78, 5) is 35.8. The van der Waals surface area contributed by atoms with Crippen LogP contribution in [0.25, 0.3) is 0 Å². The number of non-ortho nitro benzene ring substituents is 1. The van der Waals surface area contributed by atoms with E-state index in [0.717, 1.165) is 11.3 Å². The molecule has 0 bridgehead atoms. The van der Waals surface area contributed by atoms with Crippen molar-refractivity contribution < 1.29 is 14.5 Å². The second-order valence-electron chi connectivity index (χ2n) is 10.5. The minimum atomic E-state index is -0.498. The van der Waals surface area contributed by atoms with Crippen molar-refractivity contribution in [2.75, 3.05) is 16.4 Å². The molecule has 0 spiro atoms. The number of nitrogens with one attached hydrogen (secondary N) is 2. The molecule has 8 nitrogen and oxygen atoms in total. The van der Waals surface area contributed by atoms with E-state index in [1.54, 1.807) is 24.3 Å². The third-order valence-electron chi connectivity index (χ3n) is 8.28. The van der Waals surface area contributed by atoms with Crippen molar-refractivity contribution in [3.8, 4) is 0 Å². The van der Waals surface area contributed by atoms with Gasteiger partial charge in [0.05, 0.1) is 4.92 Å². The molecule has 40 heavy (non-hydrogen) atoms. The SMILES string of the molecule is CC1c2cc(NC(=O)c3ccc(N)cc3)ccc2C(C)(c2ccc(NC(=O)c3ccc([N+](=O)[O-])cc3)cc2)C1C. The van der Waals surface area contributed by atoms with E-state index < -0.39 is 4.92 Å². The summed E-state index contributed by atoms with van der Waals surface area (Å²) in [7, 11) is 0. The number of amides is 2. The number of anilines is 3. The smallest absolute Gasteiger partial charge is 0.269 e. The zero-order chi connectivity index (χ0) is 28.6. The van der Waals surface area contributed by atoms with E-state index in [1.807, 2.05) is 30.3 Å². The van der Waals surface area contributed by atoms with Crippen LogP contribution in [0.5, 0.6) is 0 Å². The maximum atomic E-state index is 12.8. The van der Waals surface area contributed by atoms with Gasteiger partial charge in [0, 0.05) is 45.7 Å². The molecule has 1 aliphatic carbocycles. The van der Waals surface area contributed by atoms with E-state index in [2.05, 4.69) is 43.5 Å². The molecule has 0 aromatic heterocycles. The molecule has 4 aromatic carbocycles. The van der Waals surface area contributed by atoms with Crippen molar-refractivity contribution in [2.45, 2.75) is 32.1 Å². The molecule has 1 aliphatic rings. The minimum Gasteiger partial charge on any atom is -0.399 e. The molecule has 5 rings (SSSR count). The third-order valence-corrected chi connectivity index (χ3v) is 8.28. The monoisotopic (exact) mass is 534 g/mol. The standard InChI is InChI=1S/C32H30N4O4/c1-19-20(2)32(3,29-17-14-26(18-28(19)29)35-31(38)21-4-10-24(33)11-5-21)23-8-12-25(13-9-23)34-30(37)22-6-15-27(16-7-22)36(39)40/h4-20H,33H2,1-3H3,(H,34,37)(H,35,38). The number of nitrogen functional groups attached to an aromatic ring is 1. The first kappa shape index (κ1) is 26.6. The first-order chi connectivity index (χ1) is 19.1. The predicted molar refractivity (Wildman–Crippen MR) is 157 cm³/mol. The fourth-order valence-corrected chi connectivity index (χ4v) is 5.60. The highest BCUT2D eigenvalue weighted by Crippen LogP contribution is 2.54. The lowest BCUT2D eigenvalue weighted by Gasteiger charge is -2.33. The van der Waals surface area contributed by atoms with Crippen LogP contribution in [0.2, 0.25) is 0 Å². The first-order valence-corrected chi connectivity index (χ1v) is 13.1. The summed E-state index contributed by atoms with van der Waals surface area (Å²) in [6, 6.07) is 26.2. The lowest BCUT2D eigenvalue weighted by molar-refractivity contribution is -0.384. The number of carbonyl (C=O) groups is 2. The van der Waals surface area contributed by atoms with Gasteiger partial charge in [-0.3, -0.25) is 19.7 Å². The molecule has 0 aliphatic heterocycles. The molecule has 4 aromatic rings. The van der Waals surface area contributed by atoms with Gasteiger partial charge in [0.15, 0.2) is 0 Å². The van der Waals surface area contributed by atoms with E-state index in [0.29, 0.717) is 22.5 Å². The Labute approximate surface area is 232 Å². The number of nitro benzene ring substituents is 1. The Hall–Kier alpha value is -4.98. The summed E-state index contributed by atoms with van der Waals surface area (Å²) in [6.45, 7) is 6.68. The number of carbonyl (C=O) groups excluding carboxylic acids is 2. The lowest BCUT2D eigenvalue weighted by Crippen LogP contribution is -2.28. The fraction of sp³-hybridized carbons (Fsp3) is 0.188. The Morgan fingerprint density at radius 3 is 1.90 bits per heavy atom. The Balaban J connectivity index is 1.35. The quantitative estimate of drug-likeness (QED) is 0.143. The van der Waals surface area contributed by atoms with Crippen LogP contribution < -0.4 is 16.4 Å². The maximum absolute atomic E-state index is 12.8. The van der Waals surface area contributed by atoms with Crippen molar-refractivity contribution in [2.24, 2.45) is 5.92 Å². The maximum Gasteiger partial charge on any atom is 0.269 e. The summed E-state index contributed by atoms with van der Waals surface area (Å²) in [5.74, 6) is 0.0179. The highest BCUT2D eigenvalue weighted by molar-refractivity contribution is 6.05. The second kappa shape index (κ2) is 10.3. The van der Waals surface area contributed by atoms with Gasteiger partial charge in [-0.15, -0.1) is 0 Å². The van der Waals surface area contributed by atoms with E-state index in [1.165, 1.54) is 35.4 Å². The number of fused-ring (bicyclic) bond motifs is 1. The zero-order valence-electron chi connectivity index (χ0n) is 22.5. The van der Waals surface area contributed by atoms with Crippen LogP contribution in [0.4, 0.5) is 22.7 Å². The van der Waals surface area contributed by atoms with Gasteiger partial charge in [-0.25, -0.2) is 0 Å². The molecule has 3 unspecified atom stereocenters. The molecule has 3 atom stereocenters. The molecule has 0 heterocycles. The molecule has 202 valence electrons. The number of hydrogen-bond donors (Lipinski definition) is 3. The Morgan fingerprint density at radius 2 is 1.32 bits per heavy atom. The molecular weight excluding hydrogens is 504 g/mol. The lowest BCUT2D eigenvalue weighted by atomic mass is 9.70. The van der Waals surface area contributed by atoms with Crippen molar-refractivity contribution in [1.29, 1.82) is 0 Å². The number of benzene rings is 4. The predicted octanol–water partition coefficient (Wildman–Crippen LogP) is 6.74. The number of hydrogen-bond acceptors (Lipinski definition) is 5. The Morgan fingerprint density at radius 1 is 0.800 bits per heavy atom. The molecule has 0 saturated carbocycles. The van der Waals surface area contributed by atoms with Gasteiger partial charge in [-0.1, -0.05) is 39.0 Å². The summed E-state index contributed by atoms with van der Waals surface area (Å²) < 4.78 is 0. The zero-order valence-corrected chi connectivity index (χ0v) is 22.5. The van der Waals surface area contributed by atoms with Crippen molar-refractivity contribution in [1.82, 2.24) is 0 Å². The molecule has 8 heteroatoms. The third kappa shape index (κ3) is 4.80. The van der Waals surface area contributed by atoms with Gasteiger partial charge in [-0.2, -0.15) is 0 Å². The highest BCUT2D eigenvalue weighted by Gasteiger charge is 2.46. The Bertz CT molecular complexity index is 1600.